The third-order valence-electron chi connectivity index (χ3n) is 2.31. The number of ketones is 1. The predicted octanol–water partition coefficient (Wildman–Crippen LogP) is 2.53. The van der Waals surface area contributed by atoms with E-state index < -0.39 is 11.9 Å². The molecule has 2 nitrogen and oxygen atoms in total. The lowest BCUT2D eigenvalue weighted by Gasteiger charge is -2.09. The van der Waals surface area contributed by atoms with Gasteiger partial charge >= 0.3 is 0 Å². The van der Waals surface area contributed by atoms with E-state index in [0.29, 0.717) is 12.0 Å². The molecular weight excluding hydrogens is 193 g/mol. The highest BCUT2D eigenvalue weighted by Gasteiger charge is 2.15. The average molecular weight is 209 g/mol. The van der Waals surface area contributed by atoms with E-state index in [0.717, 1.165) is 12.8 Å². The summed E-state index contributed by atoms with van der Waals surface area (Å²) in [5.74, 6) is -0.577. The molecule has 1 rings (SSSR count). The molecule has 0 spiro atoms. The van der Waals surface area contributed by atoms with E-state index in [1.807, 2.05) is 6.92 Å². The topological polar surface area (TPSA) is 43.1 Å². The van der Waals surface area contributed by atoms with Crippen molar-refractivity contribution in [1.29, 1.82) is 0 Å². The number of benzene rings is 1. The number of unbranched alkanes of at least 4 members (excludes halogenated alkanes) is 1. The summed E-state index contributed by atoms with van der Waals surface area (Å²) in [6.07, 6.45) is 2.58. The summed E-state index contributed by atoms with van der Waals surface area (Å²) in [7, 11) is 0. The number of hydrogen-bond acceptors (Lipinski definition) is 2. The van der Waals surface area contributed by atoms with E-state index in [9.17, 15) is 9.18 Å². The van der Waals surface area contributed by atoms with Gasteiger partial charge in [-0.05, 0) is 18.6 Å². The van der Waals surface area contributed by atoms with Crippen LogP contribution in [0.15, 0.2) is 24.3 Å². The molecule has 3 heteroatoms. The van der Waals surface area contributed by atoms with Crippen LogP contribution >= 0.6 is 0 Å². The Hall–Kier alpha value is -1.22. The van der Waals surface area contributed by atoms with Crippen molar-refractivity contribution in [3.05, 3.63) is 35.6 Å². The second-order valence-corrected chi connectivity index (χ2v) is 3.62. The minimum Gasteiger partial charge on any atom is -0.321 e. The Morgan fingerprint density at radius 1 is 1.53 bits per heavy atom. The molecule has 0 saturated heterocycles. The Morgan fingerprint density at radius 3 is 2.87 bits per heavy atom. The van der Waals surface area contributed by atoms with Gasteiger partial charge in [0.2, 0.25) is 0 Å². The zero-order valence-corrected chi connectivity index (χ0v) is 8.87. The number of nitrogens with two attached hydrogens (primary N) is 1. The van der Waals surface area contributed by atoms with Crippen LogP contribution in [0.4, 0.5) is 4.39 Å². The summed E-state index contributed by atoms with van der Waals surface area (Å²) < 4.78 is 12.8. The van der Waals surface area contributed by atoms with Crippen molar-refractivity contribution in [2.45, 2.75) is 32.2 Å². The van der Waals surface area contributed by atoms with Crippen LogP contribution < -0.4 is 5.73 Å². The monoisotopic (exact) mass is 209 g/mol. The van der Waals surface area contributed by atoms with Crippen molar-refractivity contribution in [3.63, 3.8) is 0 Å². The van der Waals surface area contributed by atoms with E-state index >= 15 is 0 Å². The van der Waals surface area contributed by atoms with E-state index in [1.165, 1.54) is 18.2 Å². The van der Waals surface area contributed by atoms with Crippen LogP contribution in [0, 0.1) is 5.82 Å². The maximum Gasteiger partial charge on any atom is 0.179 e. The quantitative estimate of drug-likeness (QED) is 0.757. The van der Waals surface area contributed by atoms with Gasteiger partial charge in [0.05, 0.1) is 6.04 Å². The number of halogens is 1. The summed E-state index contributed by atoms with van der Waals surface area (Å²) in [4.78, 5) is 11.7. The number of carbonyl (C=O) groups is 1. The van der Waals surface area contributed by atoms with E-state index in [1.54, 1.807) is 6.07 Å². The standard InChI is InChI=1S/C12H16FNO/c1-2-3-7-11(14)12(15)9-5-4-6-10(13)8-9/h4-6,8,11H,2-3,7,14H2,1H3. The lowest BCUT2D eigenvalue weighted by Crippen LogP contribution is -2.30. The summed E-state index contributed by atoms with van der Waals surface area (Å²) in [5, 5.41) is 0. The third kappa shape index (κ3) is 3.44. The largest absolute Gasteiger partial charge is 0.321 e. The molecule has 0 amide bonds. The maximum absolute atomic E-state index is 12.8. The number of Topliss-reactive ketones (excluding diaryl/α,β-unsaturated/α-hetero) is 1. The molecule has 0 aromatic heterocycles. The molecule has 1 aromatic rings. The van der Waals surface area contributed by atoms with Crippen LogP contribution in [0.2, 0.25) is 0 Å². The summed E-state index contributed by atoms with van der Waals surface area (Å²) in [5.41, 5.74) is 6.07. The van der Waals surface area contributed by atoms with Gasteiger partial charge in [-0.2, -0.15) is 0 Å². The summed E-state index contributed by atoms with van der Waals surface area (Å²) >= 11 is 0. The fourth-order valence-corrected chi connectivity index (χ4v) is 1.41. The Bertz CT molecular complexity index is 338. The first-order valence-electron chi connectivity index (χ1n) is 5.20. The molecule has 0 bridgehead atoms. The molecule has 82 valence electrons. The van der Waals surface area contributed by atoms with Gasteiger partial charge < -0.3 is 5.73 Å². The van der Waals surface area contributed by atoms with Gasteiger partial charge in [0.25, 0.3) is 0 Å². The van der Waals surface area contributed by atoms with Crippen LogP contribution in [-0.2, 0) is 0 Å². The lowest BCUT2D eigenvalue weighted by atomic mass is 10.0. The van der Waals surface area contributed by atoms with Crippen molar-refractivity contribution >= 4 is 5.78 Å². The molecule has 0 aliphatic carbocycles. The minimum absolute atomic E-state index is 0.178. The maximum atomic E-state index is 12.8. The highest BCUT2D eigenvalue weighted by atomic mass is 19.1. The van der Waals surface area contributed by atoms with Crippen molar-refractivity contribution < 1.29 is 9.18 Å². The summed E-state index contributed by atoms with van der Waals surface area (Å²) in [6.45, 7) is 2.04. The van der Waals surface area contributed by atoms with Gasteiger partial charge in [-0.3, -0.25) is 4.79 Å². The zero-order chi connectivity index (χ0) is 11.3. The SMILES string of the molecule is CCCCC(N)C(=O)c1cccc(F)c1. The second kappa shape index (κ2) is 5.61. The Labute approximate surface area is 89.3 Å². The lowest BCUT2D eigenvalue weighted by molar-refractivity contribution is 0.0956. The molecule has 15 heavy (non-hydrogen) atoms. The molecule has 1 unspecified atom stereocenters. The van der Waals surface area contributed by atoms with Gasteiger partial charge in [-0.1, -0.05) is 31.9 Å². The Balaban J connectivity index is 2.67. The highest BCUT2D eigenvalue weighted by molar-refractivity contribution is 5.99. The smallest absolute Gasteiger partial charge is 0.179 e. The molecule has 0 aliphatic heterocycles. The molecule has 0 fully saturated rings. The van der Waals surface area contributed by atoms with Crippen LogP contribution in [0.3, 0.4) is 0 Å². The van der Waals surface area contributed by atoms with Crippen molar-refractivity contribution in [3.8, 4) is 0 Å². The van der Waals surface area contributed by atoms with Crippen LogP contribution in [-0.4, -0.2) is 11.8 Å². The first kappa shape index (κ1) is 11.9. The van der Waals surface area contributed by atoms with E-state index in [-0.39, 0.29) is 5.78 Å². The van der Waals surface area contributed by atoms with Gasteiger partial charge in [-0.25, -0.2) is 4.39 Å². The molecular formula is C12H16FNO. The molecule has 1 atom stereocenters. The summed E-state index contributed by atoms with van der Waals surface area (Å²) in [6, 6.07) is 5.15. The highest BCUT2D eigenvalue weighted by Crippen LogP contribution is 2.09. The van der Waals surface area contributed by atoms with Gasteiger partial charge in [-0.15, -0.1) is 0 Å². The molecule has 2 N–H and O–H groups in total. The molecule has 0 aliphatic rings. The fourth-order valence-electron chi connectivity index (χ4n) is 1.41. The first-order chi connectivity index (χ1) is 7.15. The number of carbonyl (C=O) groups excluding carboxylic acids is 1. The van der Waals surface area contributed by atoms with E-state index in [2.05, 4.69) is 0 Å². The van der Waals surface area contributed by atoms with Gasteiger partial charge in [0, 0.05) is 5.56 Å². The van der Waals surface area contributed by atoms with Crippen molar-refractivity contribution in [2.24, 2.45) is 5.73 Å². The minimum atomic E-state index is -0.508. The van der Waals surface area contributed by atoms with Crippen molar-refractivity contribution in [2.75, 3.05) is 0 Å². The van der Waals surface area contributed by atoms with Crippen molar-refractivity contribution in [1.82, 2.24) is 0 Å². The average Bonchev–Trinajstić information content (AvgIpc) is 2.24. The van der Waals surface area contributed by atoms with Gasteiger partial charge in [0.15, 0.2) is 5.78 Å². The fraction of sp³-hybridized carbons (Fsp3) is 0.417. The Kier molecular flexibility index (Phi) is 4.43. The first-order valence-corrected chi connectivity index (χ1v) is 5.20. The molecule has 0 radical (unpaired) electrons. The second-order valence-electron chi connectivity index (χ2n) is 3.62. The van der Waals surface area contributed by atoms with Crippen LogP contribution in [0.25, 0.3) is 0 Å². The molecule has 0 saturated carbocycles. The predicted molar refractivity (Wildman–Crippen MR) is 58.2 cm³/mol. The molecule has 1 aromatic carbocycles. The number of rotatable bonds is 5. The van der Waals surface area contributed by atoms with E-state index in [4.69, 9.17) is 5.73 Å². The third-order valence-corrected chi connectivity index (χ3v) is 2.31. The zero-order valence-electron chi connectivity index (χ0n) is 8.87. The molecule has 0 heterocycles. The van der Waals surface area contributed by atoms with Gasteiger partial charge in [0.1, 0.15) is 5.82 Å². The van der Waals surface area contributed by atoms with Crippen LogP contribution in [0.1, 0.15) is 36.5 Å². The Morgan fingerprint density at radius 2 is 2.27 bits per heavy atom. The van der Waals surface area contributed by atoms with Crippen LogP contribution in [0.5, 0.6) is 0 Å². The normalized spacial score (nSPS) is 12.5. The number of hydrogen-bond donors (Lipinski definition) is 1.